The van der Waals surface area contributed by atoms with Crippen LogP contribution in [0, 0.1) is 26.0 Å². The number of Topliss-reactive ketones (excluding diaryl/α,β-unsaturated/α-hetero) is 3. The van der Waals surface area contributed by atoms with Crippen molar-refractivity contribution in [2.24, 2.45) is 4.99 Å². The van der Waals surface area contributed by atoms with Gasteiger partial charge in [0.1, 0.15) is 111 Å². The number of benzene rings is 3. The molecule has 3 aliphatic heterocycles. The first-order valence-electron chi connectivity index (χ1n) is 37.2. The normalized spacial score (nSPS) is 15.7. The molecule has 3 aromatic carbocycles. The molecular weight excluding hydrogens is 2090 g/mol. The summed E-state index contributed by atoms with van der Waals surface area (Å²) in [5.41, 5.74) is 6.53. The van der Waals surface area contributed by atoms with Crippen LogP contribution in [0.4, 0.5) is 24.8 Å². The van der Waals surface area contributed by atoms with Crippen LogP contribution in [-0.2, 0) is 102 Å². The fraction of sp³-hybridized carbons (Fsp3) is 0.296. The Morgan fingerprint density at radius 3 is 1.35 bits per heavy atom. The van der Waals surface area contributed by atoms with Crippen molar-refractivity contribution >= 4 is 259 Å². The first kappa shape index (κ1) is 111. The molecular formula is C81H83Br3Cl4F3N21O12S6. The van der Waals surface area contributed by atoms with E-state index in [0.29, 0.717) is 80.0 Å². The van der Waals surface area contributed by atoms with Gasteiger partial charge in [-0.3, -0.25) is 57.2 Å². The SMILES string of the molecule is C.C.CC(=O)c1nn(CC(=O)N2C[C@H](F)C[C@H]2C(=O)N=c2cccc(Br)n2O)c2ccc(-c3cnc(C)[n+]([O-])c3)cc12.CC(=O)c1nn(CC(=O)N2C[C@H](F)C[C@H]2C(=O)Nc2cccc(Br)n2)c2ccc(-c3cnc(C)nc3)cc12.CC(=O)c1nn(CC(=O)O)c2ccc(-c3cnc(C)nc3)cc12.Cl.ClC(Cl)Cl.O=C(Nc1cccc(Br)n1)[C@@H]1C[C@@H](F)CN1.S.S=S.S=S=S. The maximum Gasteiger partial charge on any atom is 0.325 e. The quantitative estimate of drug-likeness (QED) is 0.0141. The molecule has 0 aliphatic carbocycles. The maximum absolute atomic E-state index is 14.4. The van der Waals surface area contributed by atoms with Gasteiger partial charge in [-0.15, -0.1) is 12.4 Å². The van der Waals surface area contributed by atoms with Gasteiger partial charge in [0.05, 0.1) is 41.2 Å². The number of aliphatic carboxylic acids is 1. The Bertz CT molecular complexity index is 6220. The number of hydrogen-bond donors (Lipinski definition) is 5. The molecule has 12 aromatic rings. The van der Waals surface area contributed by atoms with E-state index < -0.39 is 70.5 Å². The number of likely N-dealkylation sites (tertiary alicyclic amines) is 2. The van der Waals surface area contributed by atoms with E-state index >= 15 is 0 Å². The monoisotopic (exact) mass is 2170 g/mol. The zero-order valence-corrected chi connectivity index (χ0v) is 80.6. The predicted molar refractivity (Wildman–Crippen MR) is 517 cm³/mol. The summed E-state index contributed by atoms with van der Waals surface area (Å²) in [7, 11) is 0.917. The summed E-state index contributed by atoms with van der Waals surface area (Å²) in [6.45, 7) is 8.15. The van der Waals surface area contributed by atoms with Crippen LogP contribution >= 0.6 is 108 Å². The summed E-state index contributed by atoms with van der Waals surface area (Å²) < 4.78 is 47.8. The molecule has 0 bridgehead atoms. The van der Waals surface area contributed by atoms with E-state index in [4.69, 9.17) is 39.9 Å². The average molecular weight is 2170 g/mol. The number of carbonyl (C=O) groups excluding carboxylic acids is 8. The minimum Gasteiger partial charge on any atom is -0.711 e. The molecule has 3 aliphatic rings. The topological polar surface area (TPSA) is 425 Å². The van der Waals surface area contributed by atoms with Crippen LogP contribution in [0.2, 0.25) is 0 Å². The van der Waals surface area contributed by atoms with Crippen molar-refractivity contribution < 1.29 is 71.4 Å². The summed E-state index contributed by atoms with van der Waals surface area (Å²) >= 11 is 39.6. The minimum absolute atomic E-state index is 0. The van der Waals surface area contributed by atoms with Crippen LogP contribution in [-0.4, -0.2) is 202 Å². The highest BCUT2D eigenvalue weighted by atomic mass is 79.9. The molecule has 0 spiro atoms. The van der Waals surface area contributed by atoms with Crippen molar-refractivity contribution in [3.05, 3.63) is 205 Å². The highest BCUT2D eigenvalue weighted by molar-refractivity contribution is 9.11. The summed E-state index contributed by atoms with van der Waals surface area (Å²) in [5, 5.41) is 53.7. The third kappa shape index (κ3) is 29.7. The standard InChI is InChI=1S/C26H23BrFN7O5.C26H23BrFN7O3.C16H14N4O3.C10H11BrFN3O.CHCl3.2CH4.ClH.S3.S2.H2S/c1-14(36)25-19-8-16(17-10-29-15(2)34(39)11-17)6-7-20(19)33(31-25)13-24(37)32-12-18(28)9-21(32)26(38)30-23-5-3-4-22(27)35(23)40;1-14(36)25-19-8-16(17-10-29-15(2)30-11-17)6-7-20(19)35(33-25)13-24(37)34-12-18(28)9-21(34)26(38)32-23-5-3-4-22(27)31-23;1-9(21)16-13-5-11(12-6-17-10(2)18-7-12)3-4-14(13)20(19-16)8-15(22)23;11-8-2-1-3-9(14-8)15-10(16)7-4-6(12)5-13-7;2-1(3)4;;;;1-3-2;1-2;/h3-8,10-11,18,21,40H,9,12-13H2,1-2H3;3-8,10-11,18,21H,9,12-13H2,1-2H3,(H,31,32,38);3-7H,8H2,1-2H3,(H,22,23);1-3,6-7,13H,4-5H2,(H,14,15,16);1H;2*1H4;1H;;;1H2/t2*18-,21+;;6-,7+;;;;;;;/m11.1......./s1. The van der Waals surface area contributed by atoms with Crippen molar-refractivity contribution in [1.82, 2.24) is 84.1 Å². The molecule has 6 atom stereocenters. The van der Waals surface area contributed by atoms with Gasteiger partial charge in [0.2, 0.25) is 23.6 Å². The van der Waals surface area contributed by atoms with E-state index in [1.807, 2.05) is 24.3 Å². The number of carbonyl (C=O) groups is 9. The van der Waals surface area contributed by atoms with Gasteiger partial charge in [0.15, 0.2) is 33.3 Å². The average Bonchev–Trinajstić information content (AvgIpc) is 1.62. The van der Waals surface area contributed by atoms with E-state index in [9.17, 15) is 66.7 Å². The number of carboxylic acids is 1. The second-order valence-corrected chi connectivity index (χ2v) is 33.8. The second-order valence-electron chi connectivity index (χ2n) is 27.6. The lowest BCUT2D eigenvalue weighted by Crippen LogP contribution is -2.44. The van der Waals surface area contributed by atoms with E-state index in [-0.39, 0.29) is 161 Å². The van der Waals surface area contributed by atoms with Crippen molar-refractivity contribution in [3.8, 4) is 33.4 Å². The Balaban J connectivity index is 0.000000307. The lowest BCUT2D eigenvalue weighted by Gasteiger charge is -2.23. The zero-order valence-electron chi connectivity index (χ0n) is 67.6. The number of carboxylic acid groups (broad SMARTS) is 1. The Hall–Kier alpha value is -10.0. The van der Waals surface area contributed by atoms with Gasteiger partial charge in [-0.25, -0.2) is 47.8 Å². The number of fused-ring (bicyclic) bond motifs is 3. The second kappa shape index (κ2) is 51.7. The number of aryl methyl sites for hydroxylation is 3. The number of ketones is 3. The van der Waals surface area contributed by atoms with Gasteiger partial charge in [-0.1, -0.05) is 91.0 Å². The summed E-state index contributed by atoms with van der Waals surface area (Å²) in [4.78, 5) is 147. The van der Waals surface area contributed by atoms with E-state index in [1.165, 1.54) is 58.0 Å². The number of anilines is 2. The summed E-state index contributed by atoms with van der Waals surface area (Å²) in [6, 6.07) is 28.0. The minimum atomic E-state index is -1.44. The number of alkyl halides is 6. The molecule has 33 nitrogen and oxygen atoms in total. The van der Waals surface area contributed by atoms with E-state index in [1.54, 1.807) is 125 Å². The largest absolute Gasteiger partial charge is 0.711 e. The fourth-order valence-corrected chi connectivity index (χ4v) is 14.1. The van der Waals surface area contributed by atoms with Crippen molar-refractivity contribution in [3.63, 3.8) is 0 Å². The molecule has 12 heterocycles. The first-order chi connectivity index (χ1) is 60.0. The molecule has 690 valence electrons. The number of pyridine rings is 3. The number of halogens is 10. The molecule has 3 saturated heterocycles. The van der Waals surface area contributed by atoms with Gasteiger partial charge in [-0.05, 0) is 151 Å². The Kier molecular flexibility index (Phi) is 44.0. The van der Waals surface area contributed by atoms with Gasteiger partial charge in [-0.2, -0.15) is 38.5 Å². The van der Waals surface area contributed by atoms with Crippen LogP contribution < -0.4 is 26.2 Å². The lowest BCUT2D eigenvalue weighted by molar-refractivity contribution is -0.615. The van der Waals surface area contributed by atoms with Gasteiger partial charge < -0.3 is 41.3 Å². The molecule has 3 fully saturated rings. The van der Waals surface area contributed by atoms with Crippen molar-refractivity contribution in [2.75, 3.05) is 30.3 Å². The van der Waals surface area contributed by atoms with E-state index in [0.717, 1.165) is 36.0 Å². The maximum atomic E-state index is 14.4. The Morgan fingerprint density at radius 1 is 0.577 bits per heavy atom. The van der Waals surface area contributed by atoms with Crippen LogP contribution in [0.3, 0.4) is 0 Å². The predicted octanol–water partition coefficient (Wildman–Crippen LogP) is 13.2. The third-order valence-corrected chi connectivity index (χ3v) is 20.3. The zero-order chi connectivity index (χ0) is 92.1. The first-order valence-corrected chi connectivity index (χ1v) is 44.8. The number of rotatable bonds is 17. The number of nitrogens with one attached hydrogen (secondary N) is 3. The molecule has 5 N–H and O–H groups in total. The molecule has 0 unspecified atom stereocenters. The van der Waals surface area contributed by atoms with Crippen LogP contribution in [0.5, 0.6) is 0 Å². The van der Waals surface area contributed by atoms with Gasteiger partial charge >= 0.3 is 5.97 Å². The molecule has 130 heavy (non-hydrogen) atoms. The van der Waals surface area contributed by atoms with Crippen LogP contribution in [0.1, 0.15) is 104 Å². The molecule has 49 heteroatoms. The molecule has 9 aromatic heterocycles. The smallest absolute Gasteiger partial charge is 0.325 e. The number of nitrogens with zero attached hydrogens (tertiary/aromatic N) is 18. The number of amides is 5. The van der Waals surface area contributed by atoms with E-state index in [2.05, 4.69) is 164 Å². The molecule has 0 saturated carbocycles. The molecule has 0 radical (unpaired) electrons. The number of hydrogen-bond acceptors (Lipinski definition) is 26. The third-order valence-electron chi connectivity index (χ3n) is 18.8. The van der Waals surface area contributed by atoms with Gasteiger partial charge in [0, 0.05) is 159 Å². The fourth-order valence-electron chi connectivity index (χ4n) is 13.1. The highest BCUT2D eigenvalue weighted by Gasteiger charge is 2.42. The van der Waals surface area contributed by atoms with Crippen LogP contribution in [0.15, 0.2) is 165 Å². The summed E-state index contributed by atoms with van der Waals surface area (Å²) in [5.74, 6) is -2.09. The Labute approximate surface area is 817 Å². The highest BCUT2D eigenvalue weighted by Crippen LogP contribution is 2.33. The van der Waals surface area contributed by atoms with Crippen LogP contribution in [0.25, 0.3) is 66.1 Å². The molecule has 5 amide bonds. The van der Waals surface area contributed by atoms with Crippen molar-refractivity contribution in [2.45, 2.75) is 136 Å². The van der Waals surface area contributed by atoms with Gasteiger partial charge in [0.25, 0.3) is 11.7 Å². The molecule has 15 rings (SSSR count). The lowest BCUT2D eigenvalue weighted by atomic mass is 10.0. The van der Waals surface area contributed by atoms with Crippen molar-refractivity contribution in [1.29, 1.82) is 0 Å². The number of aromatic nitrogens is 15. The Morgan fingerprint density at radius 2 is 0.962 bits per heavy atom. The summed E-state index contributed by atoms with van der Waals surface area (Å²) in [6.07, 6.45) is 5.87.